The van der Waals surface area contributed by atoms with Crippen molar-refractivity contribution in [3.05, 3.63) is 101 Å². The number of nitrogens with zero attached hydrogens (tertiary/aromatic N) is 3. The molecule has 0 spiro atoms. The lowest BCUT2D eigenvalue weighted by molar-refractivity contribution is -0.122. The van der Waals surface area contributed by atoms with E-state index >= 15 is 0 Å². The van der Waals surface area contributed by atoms with Crippen LogP contribution in [0.5, 0.6) is 0 Å². The van der Waals surface area contributed by atoms with Gasteiger partial charge in [-0.25, -0.2) is 13.4 Å². The Kier molecular flexibility index (Phi) is 7.14. The Bertz CT molecular complexity index is 1580. The van der Waals surface area contributed by atoms with Gasteiger partial charge in [-0.2, -0.15) is 0 Å². The average molecular weight is 545 g/mol. The maximum absolute atomic E-state index is 13.4. The molecule has 1 N–H and O–H groups in total. The molecule has 3 aromatic carbocycles. The van der Waals surface area contributed by atoms with Crippen LogP contribution >= 0.6 is 11.8 Å². The molecule has 5 rings (SSSR count). The van der Waals surface area contributed by atoms with E-state index in [4.69, 9.17) is 4.99 Å². The molecule has 1 amide bonds. The van der Waals surface area contributed by atoms with Crippen molar-refractivity contribution in [2.75, 3.05) is 22.7 Å². The van der Waals surface area contributed by atoms with Gasteiger partial charge in [-0.05, 0) is 92.7 Å². The Hall–Kier alpha value is -3.82. The van der Waals surface area contributed by atoms with E-state index in [0.29, 0.717) is 28.0 Å². The predicted octanol–water partition coefficient (Wildman–Crippen LogP) is 6.14. The van der Waals surface area contributed by atoms with Gasteiger partial charge in [0.15, 0.2) is 5.17 Å². The first-order valence-electron chi connectivity index (χ1n) is 12.4. The first kappa shape index (κ1) is 25.8. The molecule has 38 heavy (non-hydrogen) atoms. The van der Waals surface area contributed by atoms with Crippen molar-refractivity contribution >= 4 is 56.0 Å². The number of nitrogens with one attached hydrogen (secondary N) is 1. The molecular formula is C29H28N4O3S2. The number of aliphatic imine (C=N–C) groups is 1. The van der Waals surface area contributed by atoms with Gasteiger partial charge < -0.3 is 4.90 Å². The molecule has 7 nitrogen and oxygen atoms in total. The molecule has 0 unspecified atom stereocenters. The minimum atomic E-state index is -3.68. The van der Waals surface area contributed by atoms with E-state index in [1.165, 1.54) is 17.3 Å². The average Bonchev–Trinajstić information content (AvgIpc) is 3.23. The molecular weight excluding hydrogens is 516 g/mol. The lowest BCUT2D eigenvalue weighted by Crippen LogP contribution is -2.30. The zero-order valence-corrected chi connectivity index (χ0v) is 23.0. The third kappa shape index (κ3) is 4.99. The van der Waals surface area contributed by atoms with Gasteiger partial charge in [0, 0.05) is 24.5 Å². The maximum atomic E-state index is 13.4. The molecule has 9 heteroatoms. The number of carbonyl (C=O) groups excluding carboxylic acids is 1. The van der Waals surface area contributed by atoms with Crippen LogP contribution in [0, 0.1) is 6.92 Å². The maximum Gasteiger partial charge on any atom is 0.268 e. The topological polar surface area (TPSA) is 82.1 Å². The fourth-order valence-electron chi connectivity index (χ4n) is 4.43. The molecule has 0 saturated carbocycles. The van der Waals surface area contributed by atoms with E-state index < -0.39 is 10.0 Å². The number of amidine groups is 1. The monoisotopic (exact) mass is 544 g/mol. The third-order valence-corrected chi connectivity index (χ3v) is 8.79. The quantitative estimate of drug-likeness (QED) is 0.377. The number of allylic oxidation sites excluding steroid dienone is 1. The lowest BCUT2D eigenvalue weighted by atomic mass is 10.0. The zero-order valence-electron chi connectivity index (χ0n) is 21.4. The highest BCUT2D eigenvalue weighted by atomic mass is 32.2. The molecule has 3 aromatic rings. The smallest absolute Gasteiger partial charge is 0.268 e. The molecule has 0 aliphatic carbocycles. The number of carbonyl (C=O) groups is 1. The number of benzene rings is 3. The van der Waals surface area contributed by atoms with Crippen LogP contribution in [-0.2, 0) is 14.8 Å². The Morgan fingerprint density at radius 1 is 0.895 bits per heavy atom. The van der Waals surface area contributed by atoms with Crippen molar-refractivity contribution in [3.63, 3.8) is 0 Å². The number of hydrogen-bond donors (Lipinski definition) is 1. The van der Waals surface area contributed by atoms with Gasteiger partial charge in [0.2, 0.25) is 0 Å². The van der Waals surface area contributed by atoms with Crippen molar-refractivity contribution in [2.24, 2.45) is 4.99 Å². The first-order valence-corrected chi connectivity index (χ1v) is 14.7. The van der Waals surface area contributed by atoms with Crippen LogP contribution in [0.2, 0.25) is 0 Å². The summed E-state index contributed by atoms with van der Waals surface area (Å²) in [5.74, 6) is -0.0721. The Morgan fingerprint density at radius 3 is 2.29 bits per heavy atom. The van der Waals surface area contributed by atoms with Gasteiger partial charge in [0.05, 0.1) is 16.3 Å². The molecule has 1 fully saturated rings. The second-order valence-corrected chi connectivity index (χ2v) is 11.5. The summed E-state index contributed by atoms with van der Waals surface area (Å²) < 4.78 is 27.8. The number of amides is 1. The van der Waals surface area contributed by atoms with Crippen LogP contribution in [0.25, 0.3) is 6.08 Å². The van der Waals surface area contributed by atoms with Crippen LogP contribution in [0.3, 0.4) is 0 Å². The predicted molar refractivity (Wildman–Crippen MR) is 156 cm³/mol. The van der Waals surface area contributed by atoms with E-state index in [-0.39, 0.29) is 10.8 Å². The van der Waals surface area contributed by atoms with Crippen LogP contribution in [0.15, 0.2) is 99.4 Å². The van der Waals surface area contributed by atoms with Crippen molar-refractivity contribution in [1.29, 1.82) is 0 Å². The Balaban J connectivity index is 1.41. The zero-order chi connectivity index (χ0) is 26.9. The van der Waals surface area contributed by atoms with E-state index in [0.717, 1.165) is 23.5 Å². The van der Waals surface area contributed by atoms with E-state index in [1.54, 1.807) is 59.5 Å². The number of hydrogen-bond acceptors (Lipinski definition) is 6. The fraction of sp³-hybridized carbons (Fsp3) is 0.172. The van der Waals surface area contributed by atoms with Crippen molar-refractivity contribution in [3.8, 4) is 0 Å². The highest BCUT2D eigenvalue weighted by Gasteiger charge is 2.36. The summed E-state index contributed by atoms with van der Waals surface area (Å²) in [7, 11) is -3.68. The summed E-state index contributed by atoms with van der Waals surface area (Å²) in [6.45, 7) is 7.29. The number of anilines is 2. The largest absolute Gasteiger partial charge is 0.340 e. The second-order valence-electron chi connectivity index (χ2n) is 8.87. The molecule has 1 saturated heterocycles. The minimum absolute atomic E-state index is 0.0721. The van der Waals surface area contributed by atoms with Gasteiger partial charge in [-0.3, -0.25) is 14.4 Å². The molecule has 2 heterocycles. The van der Waals surface area contributed by atoms with Crippen molar-refractivity contribution in [2.45, 2.75) is 25.7 Å². The Morgan fingerprint density at radius 2 is 1.61 bits per heavy atom. The molecule has 0 atom stereocenters. The molecule has 2 aliphatic heterocycles. The first-order chi connectivity index (χ1) is 18.3. The van der Waals surface area contributed by atoms with Crippen LogP contribution in [0.1, 0.15) is 25.0 Å². The summed E-state index contributed by atoms with van der Waals surface area (Å²) in [5, 5.41) is 0.594. The highest BCUT2D eigenvalue weighted by Crippen LogP contribution is 2.40. The van der Waals surface area contributed by atoms with E-state index in [9.17, 15) is 13.2 Å². The number of aryl methyl sites for hydroxylation is 1. The SMILES string of the molecule is CCN1C(=O)/C(=C2/C=Cc3cc(C)ccc3N2CC)SC1=Nc1ccc(NS(=O)(=O)c2ccccc2)cc1. The van der Waals surface area contributed by atoms with Crippen molar-refractivity contribution < 1.29 is 13.2 Å². The third-order valence-electron chi connectivity index (χ3n) is 6.31. The van der Waals surface area contributed by atoms with Gasteiger partial charge >= 0.3 is 0 Å². The summed E-state index contributed by atoms with van der Waals surface area (Å²) in [6.07, 6.45) is 4.07. The van der Waals surface area contributed by atoms with Crippen LogP contribution in [-0.4, -0.2) is 37.5 Å². The van der Waals surface area contributed by atoms with Crippen molar-refractivity contribution in [1.82, 2.24) is 4.90 Å². The number of likely N-dealkylation sites (N-methyl/N-ethyl adjacent to an activating group) is 2. The van der Waals surface area contributed by atoms with E-state index in [1.807, 2.05) is 13.0 Å². The fourth-order valence-corrected chi connectivity index (χ4v) is 6.65. The number of thioether (sulfide) groups is 1. The normalized spacial score (nSPS) is 18.3. The molecule has 194 valence electrons. The number of sulfonamides is 1. The summed E-state index contributed by atoms with van der Waals surface area (Å²) >= 11 is 1.36. The Labute approximate surface area is 227 Å². The van der Waals surface area contributed by atoms with Gasteiger partial charge in [0.25, 0.3) is 15.9 Å². The molecule has 2 aliphatic rings. The van der Waals surface area contributed by atoms with Gasteiger partial charge in [-0.15, -0.1) is 0 Å². The van der Waals surface area contributed by atoms with Crippen LogP contribution in [0.4, 0.5) is 17.1 Å². The number of rotatable bonds is 6. The van der Waals surface area contributed by atoms with Gasteiger partial charge in [0.1, 0.15) is 4.91 Å². The summed E-state index contributed by atoms with van der Waals surface area (Å²) in [4.78, 5) is 22.9. The van der Waals surface area contributed by atoms with E-state index in [2.05, 4.69) is 47.7 Å². The second kappa shape index (κ2) is 10.5. The molecule has 0 aromatic heterocycles. The van der Waals surface area contributed by atoms with Crippen LogP contribution < -0.4 is 9.62 Å². The highest BCUT2D eigenvalue weighted by molar-refractivity contribution is 8.18. The van der Waals surface area contributed by atoms with Gasteiger partial charge in [-0.1, -0.05) is 35.9 Å². The molecule has 0 bridgehead atoms. The lowest BCUT2D eigenvalue weighted by Gasteiger charge is -2.30. The number of fused-ring (bicyclic) bond motifs is 1. The molecule has 0 radical (unpaired) electrons. The minimum Gasteiger partial charge on any atom is -0.340 e. The standard InChI is InChI=1S/C29H28N4O3S2/c1-4-32-25-17-11-20(3)19-21(25)12-18-26(32)27-28(34)33(5-2)29(37-27)30-22-13-15-23(16-14-22)31-38(35,36)24-9-7-6-8-10-24/h6-19,31H,4-5H2,1-3H3/b27-26+,30-29?. The summed E-state index contributed by atoms with van der Waals surface area (Å²) in [6, 6.07) is 21.3. The summed E-state index contributed by atoms with van der Waals surface area (Å²) in [5.41, 5.74) is 5.34.